The van der Waals surface area contributed by atoms with Gasteiger partial charge in [-0.3, -0.25) is 9.69 Å². The predicted octanol–water partition coefficient (Wildman–Crippen LogP) is 6.24. The van der Waals surface area contributed by atoms with E-state index in [9.17, 15) is 4.79 Å². The summed E-state index contributed by atoms with van der Waals surface area (Å²) in [7, 11) is 3.24. The van der Waals surface area contributed by atoms with Crippen LogP contribution in [0.5, 0.6) is 17.2 Å². The molecule has 0 amide bonds. The quantitative estimate of drug-likeness (QED) is 0.193. The summed E-state index contributed by atoms with van der Waals surface area (Å²) in [6.45, 7) is 6.27. The molecule has 1 heterocycles. The maximum absolute atomic E-state index is 13.5. The van der Waals surface area contributed by atoms with E-state index >= 15 is 0 Å². The number of allylic oxidation sites excluding steroid dienone is 1. The molecule has 1 aliphatic rings. The molecule has 0 atom stereocenters. The molecule has 0 saturated carbocycles. The molecule has 0 unspecified atom stereocenters. The van der Waals surface area contributed by atoms with E-state index < -0.39 is 0 Å². The first-order valence-electron chi connectivity index (χ1n) is 12.6. The average Bonchev–Trinajstić information content (AvgIpc) is 2.93. The lowest BCUT2D eigenvalue weighted by atomic mass is 9.94. The number of hydrogen-bond donors (Lipinski definition) is 0. The second-order valence-corrected chi connectivity index (χ2v) is 9.29. The lowest BCUT2D eigenvalue weighted by Crippen LogP contribution is -2.35. The number of rotatable bonds is 10. The molecular formula is C31H35NO4. The van der Waals surface area contributed by atoms with Crippen LogP contribution in [0.4, 0.5) is 0 Å². The molecule has 1 fully saturated rings. The van der Waals surface area contributed by atoms with Crippen molar-refractivity contribution >= 4 is 17.4 Å². The highest BCUT2D eigenvalue weighted by atomic mass is 16.5. The standard InChI is InChI=1S/C31H35NO4/c1-23-16-18-32(19-17-23)20-21-36-29-10-4-24(5-11-29)22-30(25-6-12-27(34-2)13-7-25)31(33)26-8-14-28(35-3)15-9-26/h4-15,22-23H,16-21H2,1-3H3. The molecule has 3 aromatic rings. The number of likely N-dealkylation sites (tertiary alicyclic amines) is 1. The molecule has 0 N–H and O–H groups in total. The van der Waals surface area contributed by atoms with Crippen LogP contribution in [-0.4, -0.2) is 51.1 Å². The summed E-state index contributed by atoms with van der Waals surface area (Å²) in [5.74, 6) is 3.08. The molecule has 1 aliphatic heterocycles. The van der Waals surface area contributed by atoms with E-state index in [-0.39, 0.29) is 5.78 Å². The van der Waals surface area contributed by atoms with Crippen LogP contribution in [0.3, 0.4) is 0 Å². The molecule has 0 radical (unpaired) electrons. The van der Waals surface area contributed by atoms with Crippen LogP contribution >= 0.6 is 0 Å². The highest BCUT2D eigenvalue weighted by molar-refractivity contribution is 6.32. The minimum absolute atomic E-state index is 0.0565. The van der Waals surface area contributed by atoms with Gasteiger partial charge in [0.25, 0.3) is 0 Å². The summed E-state index contributed by atoms with van der Waals surface area (Å²) in [6, 6.07) is 22.6. The Morgan fingerprint density at radius 2 is 1.33 bits per heavy atom. The van der Waals surface area contributed by atoms with E-state index in [2.05, 4.69) is 11.8 Å². The number of Topliss-reactive ketones (excluding diaryl/α,β-unsaturated/α-hetero) is 1. The largest absolute Gasteiger partial charge is 0.497 e. The van der Waals surface area contributed by atoms with Crippen molar-refractivity contribution in [2.24, 2.45) is 5.92 Å². The number of methoxy groups -OCH3 is 2. The maximum Gasteiger partial charge on any atom is 0.193 e. The molecule has 3 aromatic carbocycles. The normalized spacial score (nSPS) is 14.9. The van der Waals surface area contributed by atoms with Gasteiger partial charge in [-0.15, -0.1) is 0 Å². The Labute approximate surface area is 214 Å². The van der Waals surface area contributed by atoms with Crippen LogP contribution in [0.15, 0.2) is 72.8 Å². The third kappa shape index (κ3) is 6.76. The van der Waals surface area contributed by atoms with E-state index in [1.807, 2.05) is 54.6 Å². The van der Waals surface area contributed by atoms with Crippen molar-refractivity contribution in [3.8, 4) is 17.2 Å². The Morgan fingerprint density at radius 1 is 0.806 bits per heavy atom. The monoisotopic (exact) mass is 485 g/mol. The van der Waals surface area contributed by atoms with E-state index in [0.29, 0.717) is 23.5 Å². The van der Waals surface area contributed by atoms with E-state index in [1.165, 1.54) is 12.8 Å². The molecule has 0 spiro atoms. The zero-order valence-electron chi connectivity index (χ0n) is 21.4. The van der Waals surface area contributed by atoms with Gasteiger partial charge in [-0.05, 0) is 97.6 Å². The summed E-state index contributed by atoms with van der Waals surface area (Å²) in [5, 5.41) is 0. The zero-order valence-corrected chi connectivity index (χ0v) is 21.4. The van der Waals surface area contributed by atoms with Gasteiger partial charge in [-0.2, -0.15) is 0 Å². The summed E-state index contributed by atoms with van der Waals surface area (Å²) in [6.07, 6.45) is 4.46. The second-order valence-electron chi connectivity index (χ2n) is 9.29. The highest BCUT2D eigenvalue weighted by Gasteiger charge is 2.16. The average molecular weight is 486 g/mol. The fourth-order valence-corrected chi connectivity index (χ4v) is 4.35. The Bertz CT molecular complexity index is 1140. The molecule has 0 bridgehead atoms. The highest BCUT2D eigenvalue weighted by Crippen LogP contribution is 2.27. The van der Waals surface area contributed by atoms with Gasteiger partial charge in [0.2, 0.25) is 0 Å². The van der Waals surface area contributed by atoms with Crippen molar-refractivity contribution in [3.05, 3.63) is 89.5 Å². The number of ether oxygens (including phenoxy) is 3. The Morgan fingerprint density at radius 3 is 1.89 bits per heavy atom. The molecule has 0 aromatic heterocycles. The van der Waals surface area contributed by atoms with E-state index in [0.717, 1.165) is 48.2 Å². The smallest absolute Gasteiger partial charge is 0.193 e. The van der Waals surface area contributed by atoms with Crippen LogP contribution in [0, 0.1) is 5.92 Å². The van der Waals surface area contributed by atoms with Gasteiger partial charge in [-0.1, -0.05) is 31.2 Å². The van der Waals surface area contributed by atoms with Crippen LogP contribution in [0.2, 0.25) is 0 Å². The molecule has 5 heteroatoms. The minimum Gasteiger partial charge on any atom is -0.497 e. The number of piperidine rings is 1. The summed E-state index contributed by atoms with van der Waals surface area (Å²) >= 11 is 0. The number of ketones is 1. The fourth-order valence-electron chi connectivity index (χ4n) is 4.35. The van der Waals surface area contributed by atoms with Crippen molar-refractivity contribution in [2.75, 3.05) is 40.5 Å². The van der Waals surface area contributed by atoms with Crippen molar-refractivity contribution < 1.29 is 19.0 Å². The van der Waals surface area contributed by atoms with Crippen LogP contribution in [0.25, 0.3) is 11.6 Å². The lowest BCUT2D eigenvalue weighted by molar-refractivity contribution is 0.105. The van der Waals surface area contributed by atoms with Crippen molar-refractivity contribution in [1.82, 2.24) is 4.90 Å². The predicted molar refractivity (Wildman–Crippen MR) is 145 cm³/mol. The van der Waals surface area contributed by atoms with E-state index in [1.54, 1.807) is 38.5 Å². The summed E-state index contributed by atoms with van der Waals surface area (Å²) < 4.78 is 16.5. The van der Waals surface area contributed by atoms with Gasteiger partial charge < -0.3 is 14.2 Å². The molecule has 0 aliphatic carbocycles. The molecule has 1 saturated heterocycles. The van der Waals surface area contributed by atoms with Gasteiger partial charge in [0.1, 0.15) is 23.9 Å². The Kier molecular flexibility index (Phi) is 8.80. The molecular weight excluding hydrogens is 450 g/mol. The minimum atomic E-state index is -0.0565. The first-order valence-corrected chi connectivity index (χ1v) is 12.6. The second kappa shape index (κ2) is 12.4. The number of carbonyl (C=O) groups excluding carboxylic acids is 1. The number of nitrogens with zero attached hydrogens (tertiary/aromatic N) is 1. The third-order valence-corrected chi connectivity index (χ3v) is 6.74. The first kappa shape index (κ1) is 25.5. The SMILES string of the molecule is COc1ccc(C(=O)C(=Cc2ccc(OCCN3CCC(C)CC3)cc2)c2ccc(OC)cc2)cc1. The molecule has 4 rings (SSSR count). The maximum atomic E-state index is 13.5. The van der Waals surface area contributed by atoms with Gasteiger partial charge in [0.15, 0.2) is 5.78 Å². The van der Waals surface area contributed by atoms with Crippen molar-refractivity contribution in [2.45, 2.75) is 19.8 Å². The van der Waals surface area contributed by atoms with Crippen molar-refractivity contribution in [1.29, 1.82) is 0 Å². The topological polar surface area (TPSA) is 48.0 Å². The zero-order chi connectivity index (χ0) is 25.3. The summed E-state index contributed by atoms with van der Waals surface area (Å²) in [5.41, 5.74) is 2.97. The van der Waals surface area contributed by atoms with Gasteiger partial charge in [-0.25, -0.2) is 0 Å². The van der Waals surface area contributed by atoms with Gasteiger partial charge in [0.05, 0.1) is 14.2 Å². The van der Waals surface area contributed by atoms with Crippen LogP contribution < -0.4 is 14.2 Å². The van der Waals surface area contributed by atoms with Crippen molar-refractivity contribution in [3.63, 3.8) is 0 Å². The fraction of sp³-hybridized carbons (Fsp3) is 0.323. The summed E-state index contributed by atoms with van der Waals surface area (Å²) in [4.78, 5) is 16.0. The third-order valence-electron chi connectivity index (χ3n) is 6.74. The first-order chi connectivity index (χ1) is 17.6. The lowest BCUT2D eigenvalue weighted by Gasteiger charge is -2.29. The molecule has 188 valence electrons. The molecule has 5 nitrogen and oxygen atoms in total. The Balaban J connectivity index is 1.49. The number of benzene rings is 3. The van der Waals surface area contributed by atoms with E-state index in [4.69, 9.17) is 14.2 Å². The van der Waals surface area contributed by atoms with Gasteiger partial charge in [0, 0.05) is 17.7 Å². The van der Waals surface area contributed by atoms with Crippen LogP contribution in [0.1, 0.15) is 41.3 Å². The number of hydrogen-bond acceptors (Lipinski definition) is 5. The molecule has 36 heavy (non-hydrogen) atoms. The van der Waals surface area contributed by atoms with Gasteiger partial charge >= 0.3 is 0 Å². The Hall–Kier alpha value is -3.57. The van der Waals surface area contributed by atoms with Crippen LogP contribution in [-0.2, 0) is 0 Å². The number of carbonyl (C=O) groups is 1.